The molecule has 0 amide bonds. The molecule has 0 radical (unpaired) electrons. The van der Waals surface area contributed by atoms with Gasteiger partial charge >= 0.3 is 0 Å². The number of nitrogens with two attached hydrogens (primary N) is 1. The van der Waals surface area contributed by atoms with Crippen LogP contribution >= 0.6 is 0 Å². The molecule has 1 fully saturated rings. The summed E-state index contributed by atoms with van der Waals surface area (Å²) in [5.41, 5.74) is 2.54. The zero-order chi connectivity index (χ0) is 12.3. The summed E-state index contributed by atoms with van der Waals surface area (Å²) in [5.74, 6) is 8.20. The highest BCUT2D eigenvalue weighted by Gasteiger charge is 2.25. The normalized spacial score (nSPS) is 23.0. The van der Waals surface area contributed by atoms with Gasteiger partial charge in [0.15, 0.2) is 5.82 Å². The molecule has 4 N–H and O–H groups in total. The Morgan fingerprint density at radius 3 is 2.71 bits per heavy atom. The van der Waals surface area contributed by atoms with Crippen LogP contribution in [-0.4, -0.2) is 23.1 Å². The molecule has 94 valence electrons. The number of hydrazine groups is 1. The van der Waals surface area contributed by atoms with E-state index in [0.29, 0.717) is 24.3 Å². The van der Waals surface area contributed by atoms with Gasteiger partial charge in [-0.05, 0) is 18.8 Å². The number of nitrogens with zero attached hydrogens (tertiary/aromatic N) is 2. The van der Waals surface area contributed by atoms with Crippen molar-refractivity contribution in [3.63, 3.8) is 0 Å². The van der Waals surface area contributed by atoms with Crippen LogP contribution in [0.1, 0.15) is 25.6 Å². The van der Waals surface area contributed by atoms with E-state index in [0.717, 1.165) is 11.7 Å². The highest BCUT2D eigenvalue weighted by molar-refractivity contribution is 5.47. The highest BCUT2D eigenvalue weighted by atomic mass is 16.5. The van der Waals surface area contributed by atoms with E-state index in [4.69, 9.17) is 10.6 Å². The Morgan fingerprint density at radius 1 is 1.41 bits per heavy atom. The van der Waals surface area contributed by atoms with Crippen LogP contribution in [0.5, 0.6) is 0 Å². The van der Waals surface area contributed by atoms with Gasteiger partial charge in [-0.15, -0.1) is 0 Å². The summed E-state index contributed by atoms with van der Waals surface area (Å²) in [4.78, 5) is 8.57. The van der Waals surface area contributed by atoms with Crippen molar-refractivity contribution in [2.45, 2.75) is 32.4 Å². The molecule has 0 saturated heterocycles. The second-order valence-electron chi connectivity index (χ2n) is 4.55. The maximum Gasteiger partial charge on any atom is 0.158 e. The minimum atomic E-state index is 0.380. The maximum absolute atomic E-state index is 5.37. The molecule has 0 unspecified atom stereocenters. The summed E-state index contributed by atoms with van der Waals surface area (Å²) in [7, 11) is 1.62. The van der Waals surface area contributed by atoms with Crippen molar-refractivity contribution in [1.82, 2.24) is 9.97 Å². The van der Waals surface area contributed by atoms with Crippen LogP contribution in [0.15, 0.2) is 6.07 Å². The molecule has 17 heavy (non-hydrogen) atoms. The monoisotopic (exact) mass is 237 g/mol. The van der Waals surface area contributed by atoms with Gasteiger partial charge in [-0.2, -0.15) is 0 Å². The van der Waals surface area contributed by atoms with E-state index in [2.05, 4.69) is 27.6 Å². The minimum absolute atomic E-state index is 0.380. The fourth-order valence-corrected chi connectivity index (χ4v) is 2.07. The Kier molecular flexibility index (Phi) is 3.75. The topological polar surface area (TPSA) is 85.1 Å². The number of ether oxygens (including phenoxy) is 1. The molecule has 1 aliphatic rings. The van der Waals surface area contributed by atoms with Crippen LogP contribution in [0, 0.1) is 5.92 Å². The van der Waals surface area contributed by atoms with Crippen molar-refractivity contribution in [2.24, 2.45) is 11.8 Å². The number of aromatic nitrogens is 2. The van der Waals surface area contributed by atoms with E-state index in [1.165, 1.54) is 12.8 Å². The molecular formula is C11H19N5O. The van der Waals surface area contributed by atoms with Gasteiger partial charge in [-0.1, -0.05) is 6.92 Å². The van der Waals surface area contributed by atoms with Gasteiger partial charge in [0.25, 0.3) is 0 Å². The average Bonchev–Trinajstić information content (AvgIpc) is 2.27. The van der Waals surface area contributed by atoms with Crippen LogP contribution in [0.25, 0.3) is 0 Å². The first-order valence-corrected chi connectivity index (χ1v) is 5.81. The van der Waals surface area contributed by atoms with E-state index in [1.807, 2.05) is 6.07 Å². The number of anilines is 2. The molecule has 6 nitrogen and oxygen atoms in total. The Balaban J connectivity index is 2.06. The smallest absolute Gasteiger partial charge is 0.158 e. The summed E-state index contributed by atoms with van der Waals surface area (Å²) < 4.78 is 5.02. The predicted octanol–water partition coefficient (Wildman–Crippen LogP) is 1.12. The first-order valence-electron chi connectivity index (χ1n) is 5.81. The summed E-state index contributed by atoms with van der Waals surface area (Å²) in [6.07, 6.45) is 2.38. The summed E-state index contributed by atoms with van der Waals surface area (Å²) in [6.45, 7) is 2.63. The Bertz CT molecular complexity index is 378. The Morgan fingerprint density at radius 2 is 2.12 bits per heavy atom. The van der Waals surface area contributed by atoms with Crippen LogP contribution in [0.4, 0.5) is 11.6 Å². The zero-order valence-electron chi connectivity index (χ0n) is 10.2. The van der Waals surface area contributed by atoms with Crippen molar-refractivity contribution in [3.05, 3.63) is 11.9 Å². The number of nitrogens with one attached hydrogen (secondary N) is 2. The largest absolute Gasteiger partial charge is 0.377 e. The lowest BCUT2D eigenvalue weighted by molar-refractivity contribution is 0.178. The van der Waals surface area contributed by atoms with Gasteiger partial charge < -0.3 is 15.5 Å². The molecule has 0 spiro atoms. The molecule has 1 saturated carbocycles. The van der Waals surface area contributed by atoms with E-state index in [1.54, 1.807) is 7.11 Å². The van der Waals surface area contributed by atoms with Crippen molar-refractivity contribution >= 4 is 11.6 Å². The SMILES string of the molecule is COCc1nc(NN)cc(NC2CC(C)C2)n1. The average molecular weight is 237 g/mol. The van der Waals surface area contributed by atoms with Crippen molar-refractivity contribution in [3.8, 4) is 0 Å². The second-order valence-corrected chi connectivity index (χ2v) is 4.55. The zero-order valence-corrected chi connectivity index (χ0v) is 10.2. The van der Waals surface area contributed by atoms with Gasteiger partial charge in [-0.25, -0.2) is 15.8 Å². The third kappa shape index (κ3) is 3.04. The lowest BCUT2D eigenvalue weighted by Gasteiger charge is -2.33. The summed E-state index contributed by atoms with van der Waals surface area (Å²) >= 11 is 0. The lowest BCUT2D eigenvalue weighted by Crippen LogP contribution is -2.34. The van der Waals surface area contributed by atoms with Crippen LogP contribution in [0.3, 0.4) is 0 Å². The van der Waals surface area contributed by atoms with Crippen LogP contribution in [-0.2, 0) is 11.3 Å². The number of nitrogen functional groups attached to an aromatic ring is 1. The van der Waals surface area contributed by atoms with Gasteiger partial charge in [0.1, 0.15) is 18.2 Å². The fraction of sp³-hybridized carbons (Fsp3) is 0.636. The van der Waals surface area contributed by atoms with E-state index < -0.39 is 0 Å². The first kappa shape index (κ1) is 12.1. The van der Waals surface area contributed by atoms with Crippen molar-refractivity contribution in [2.75, 3.05) is 17.9 Å². The predicted molar refractivity (Wildman–Crippen MR) is 66.4 cm³/mol. The molecule has 2 rings (SSSR count). The molecule has 1 aliphatic carbocycles. The first-order chi connectivity index (χ1) is 8.21. The number of hydrogen-bond acceptors (Lipinski definition) is 6. The van der Waals surface area contributed by atoms with Gasteiger partial charge in [0.05, 0.1) is 0 Å². The number of methoxy groups -OCH3 is 1. The number of hydrogen-bond donors (Lipinski definition) is 3. The summed E-state index contributed by atoms with van der Waals surface area (Å²) in [6, 6.07) is 2.32. The molecule has 0 aliphatic heterocycles. The maximum atomic E-state index is 5.37. The third-order valence-electron chi connectivity index (χ3n) is 2.92. The molecule has 1 heterocycles. The Hall–Kier alpha value is -1.40. The molecule has 0 bridgehead atoms. The molecule has 0 aromatic carbocycles. The van der Waals surface area contributed by atoms with Gasteiger partial charge in [0, 0.05) is 19.2 Å². The van der Waals surface area contributed by atoms with Crippen LogP contribution < -0.4 is 16.6 Å². The van der Waals surface area contributed by atoms with Crippen molar-refractivity contribution < 1.29 is 4.74 Å². The highest BCUT2D eigenvalue weighted by Crippen LogP contribution is 2.29. The molecule has 1 aromatic heterocycles. The number of rotatable bonds is 5. The second kappa shape index (κ2) is 5.29. The minimum Gasteiger partial charge on any atom is -0.377 e. The fourth-order valence-electron chi connectivity index (χ4n) is 2.07. The van der Waals surface area contributed by atoms with E-state index >= 15 is 0 Å². The van der Waals surface area contributed by atoms with Gasteiger partial charge in [0.2, 0.25) is 0 Å². The quantitative estimate of drug-likeness (QED) is 0.525. The standard InChI is InChI=1S/C11H19N5O/c1-7-3-8(4-7)13-9-5-10(16-12)15-11(14-9)6-17-2/h5,7-8H,3-4,6,12H2,1-2H3,(H2,13,14,15,16). The van der Waals surface area contributed by atoms with Crippen LogP contribution in [0.2, 0.25) is 0 Å². The van der Waals surface area contributed by atoms with Crippen molar-refractivity contribution in [1.29, 1.82) is 0 Å². The Labute approximate surface area is 101 Å². The molecule has 1 aromatic rings. The molecule has 0 atom stereocenters. The lowest BCUT2D eigenvalue weighted by atomic mass is 9.82. The summed E-state index contributed by atoms with van der Waals surface area (Å²) in [5, 5.41) is 3.38. The van der Waals surface area contributed by atoms with E-state index in [-0.39, 0.29) is 0 Å². The third-order valence-corrected chi connectivity index (χ3v) is 2.92. The van der Waals surface area contributed by atoms with Gasteiger partial charge in [-0.3, -0.25) is 0 Å². The van der Waals surface area contributed by atoms with E-state index in [9.17, 15) is 0 Å². The molecule has 6 heteroatoms. The molecular weight excluding hydrogens is 218 g/mol.